The molecular formula is C16H19N3OS. The molecule has 3 aromatic rings. The highest BCUT2D eigenvalue weighted by Gasteiger charge is 2.17. The molecule has 110 valence electrons. The van der Waals surface area contributed by atoms with Gasteiger partial charge in [-0.3, -0.25) is 4.40 Å². The molecule has 0 aliphatic rings. The van der Waals surface area contributed by atoms with Gasteiger partial charge in [0.25, 0.3) is 0 Å². The molecule has 0 amide bonds. The van der Waals surface area contributed by atoms with Crippen molar-refractivity contribution in [1.29, 1.82) is 0 Å². The molecule has 1 atom stereocenters. The lowest BCUT2D eigenvalue weighted by molar-refractivity contribution is 0.401. The standard InChI is InChI=1S/C16H19N3OS/c1-11-4-5-15(20-3)13(8-11)14(17-2)9-12-10-19-6-7-21-16(19)18-12/h4-8,10,14,17H,9H2,1-3H3. The summed E-state index contributed by atoms with van der Waals surface area (Å²) in [5, 5.41) is 5.43. The van der Waals surface area contributed by atoms with Crippen LogP contribution in [0.5, 0.6) is 5.75 Å². The zero-order chi connectivity index (χ0) is 14.8. The van der Waals surface area contributed by atoms with Crippen molar-refractivity contribution in [3.05, 3.63) is 52.8 Å². The minimum Gasteiger partial charge on any atom is -0.496 e. The Morgan fingerprint density at radius 1 is 1.43 bits per heavy atom. The maximum Gasteiger partial charge on any atom is 0.193 e. The van der Waals surface area contributed by atoms with Gasteiger partial charge in [0.1, 0.15) is 5.75 Å². The summed E-state index contributed by atoms with van der Waals surface area (Å²) in [7, 11) is 3.69. The molecule has 0 aliphatic heterocycles. The Hall–Kier alpha value is -1.85. The second-order valence-electron chi connectivity index (χ2n) is 5.12. The Morgan fingerprint density at radius 3 is 3.00 bits per heavy atom. The van der Waals surface area contributed by atoms with Crippen LogP contribution in [0.3, 0.4) is 0 Å². The number of imidazole rings is 1. The first-order valence-corrected chi connectivity index (χ1v) is 7.82. The average Bonchev–Trinajstić information content (AvgIpc) is 3.05. The van der Waals surface area contributed by atoms with E-state index in [4.69, 9.17) is 4.74 Å². The highest BCUT2D eigenvalue weighted by molar-refractivity contribution is 7.15. The quantitative estimate of drug-likeness (QED) is 0.786. The third-order valence-corrected chi connectivity index (χ3v) is 4.44. The fourth-order valence-electron chi connectivity index (χ4n) is 2.58. The van der Waals surface area contributed by atoms with Crippen LogP contribution in [0.1, 0.15) is 22.9 Å². The molecule has 5 heteroatoms. The third-order valence-electron chi connectivity index (χ3n) is 3.67. The van der Waals surface area contributed by atoms with E-state index in [0.29, 0.717) is 0 Å². The number of likely N-dealkylation sites (N-methyl/N-ethyl adjacent to an activating group) is 1. The highest BCUT2D eigenvalue weighted by atomic mass is 32.1. The van der Waals surface area contributed by atoms with Crippen molar-refractivity contribution in [3.8, 4) is 5.75 Å². The predicted octanol–water partition coefficient (Wildman–Crippen LogP) is 3.22. The van der Waals surface area contributed by atoms with E-state index >= 15 is 0 Å². The van der Waals surface area contributed by atoms with Crippen molar-refractivity contribution in [2.24, 2.45) is 0 Å². The smallest absolute Gasteiger partial charge is 0.193 e. The van der Waals surface area contributed by atoms with Crippen molar-refractivity contribution in [2.75, 3.05) is 14.2 Å². The molecule has 0 bridgehead atoms. The van der Waals surface area contributed by atoms with Gasteiger partial charge >= 0.3 is 0 Å². The van der Waals surface area contributed by atoms with Gasteiger partial charge in [-0.25, -0.2) is 4.98 Å². The predicted molar refractivity (Wildman–Crippen MR) is 86.3 cm³/mol. The number of nitrogens with zero attached hydrogens (tertiary/aromatic N) is 2. The third kappa shape index (κ3) is 2.80. The van der Waals surface area contributed by atoms with Gasteiger partial charge in [0.15, 0.2) is 4.96 Å². The number of benzene rings is 1. The van der Waals surface area contributed by atoms with Gasteiger partial charge in [-0.15, -0.1) is 11.3 Å². The maximum absolute atomic E-state index is 5.50. The van der Waals surface area contributed by atoms with Crippen molar-refractivity contribution in [2.45, 2.75) is 19.4 Å². The molecule has 2 heterocycles. The van der Waals surface area contributed by atoms with Gasteiger partial charge in [-0.05, 0) is 20.0 Å². The number of hydrogen-bond donors (Lipinski definition) is 1. The fourth-order valence-corrected chi connectivity index (χ4v) is 3.30. The number of thiazole rings is 1. The van der Waals surface area contributed by atoms with Crippen LogP contribution < -0.4 is 10.1 Å². The van der Waals surface area contributed by atoms with Crippen LogP contribution in [0.15, 0.2) is 36.0 Å². The lowest BCUT2D eigenvalue weighted by Crippen LogP contribution is -2.20. The highest BCUT2D eigenvalue weighted by Crippen LogP contribution is 2.28. The van der Waals surface area contributed by atoms with Crippen LogP contribution in [-0.2, 0) is 6.42 Å². The lowest BCUT2D eigenvalue weighted by atomic mass is 9.99. The zero-order valence-corrected chi connectivity index (χ0v) is 13.3. The summed E-state index contributed by atoms with van der Waals surface area (Å²) in [5.74, 6) is 0.918. The van der Waals surface area contributed by atoms with E-state index in [1.807, 2.05) is 24.7 Å². The van der Waals surface area contributed by atoms with E-state index in [-0.39, 0.29) is 6.04 Å². The molecule has 0 radical (unpaired) electrons. The Bertz CT molecular complexity index is 718. The van der Waals surface area contributed by atoms with Crippen molar-refractivity contribution >= 4 is 16.3 Å². The summed E-state index contributed by atoms with van der Waals surface area (Å²) >= 11 is 1.66. The summed E-state index contributed by atoms with van der Waals surface area (Å²) < 4.78 is 7.57. The Balaban J connectivity index is 1.91. The second-order valence-corrected chi connectivity index (χ2v) is 5.99. The minimum absolute atomic E-state index is 0.185. The molecule has 3 rings (SSSR count). The number of aryl methyl sites for hydroxylation is 1. The Morgan fingerprint density at radius 2 is 2.29 bits per heavy atom. The Kier molecular flexibility index (Phi) is 3.94. The first-order valence-electron chi connectivity index (χ1n) is 6.94. The van der Waals surface area contributed by atoms with Crippen LogP contribution in [0.4, 0.5) is 0 Å². The molecule has 1 N–H and O–H groups in total. The van der Waals surface area contributed by atoms with E-state index in [9.17, 15) is 0 Å². The number of rotatable bonds is 5. The summed E-state index contributed by atoms with van der Waals surface area (Å²) in [5.41, 5.74) is 3.50. The number of aromatic nitrogens is 2. The first kappa shape index (κ1) is 14.1. The van der Waals surface area contributed by atoms with Crippen LogP contribution in [0, 0.1) is 6.92 Å². The summed E-state index contributed by atoms with van der Waals surface area (Å²) in [6, 6.07) is 6.46. The van der Waals surface area contributed by atoms with Gasteiger partial charge in [0.05, 0.1) is 12.8 Å². The molecule has 0 saturated heterocycles. The number of fused-ring (bicyclic) bond motifs is 1. The minimum atomic E-state index is 0.185. The van der Waals surface area contributed by atoms with Crippen LogP contribution >= 0.6 is 11.3 Å². The number of hydrogen-bond acceptors (Lipinski definition) is 4. The van der Waals surface area contributed by atoms with E-state index in [0.717, 1.165) is 22.8 Å². The van der Waals surface area contributed by atoms with Crippen molar-refractivity contribution in [1.82, 2.24) is 14.7 Å². The molecule has 0 fully saturated rings. The normalized spacial score (nSPS) is 12.7. The van der Waals surface area contributed by atoms with Crippen LogP contribution in [-0.4, -0.2) is 23.5 Å². The molecule has 1 unspecified atom stereocenters. The monoisotopic (exact) mass is 301 g/mol. The molecule has 0 saturated carbocycles. The van der Waals surface area contributed by atoms with Gasteiger partial charge in [-0.1, -0.05) is 17.7 Å². The van der Waals surface area contributed by atoms with Gasteiger partial charge in [-0.2, -0.15) is 0 Å². The Labute approximate surface area is 128 Å². The average molecular weight is 301 g/mol. The van der Waals surface area contributed by atoms with Gasteiger partial charge in [0, 0.05) is 35.8 Å². The van der Waals surface area contributed by atoms with Crippen molar-refractivity contribution < 1.29 is 4.74 Å². The van der Waals surface area contributed by atoms with E-state index < -0.39 is 0 Å². The first-order chi connectivity index (χ1) is 10.2. The number of ether oxygens (including phenoxy) is 1. The molecule has 0 spiro atoms. The fraction of sp³-hybridized carbons (Fsp3) is 0.312. The molecular weight excluding hydrogens is 282 g/mol. The van der Waals surface area contributed by atoms with Gasteiger partial charge in [0.2, 0.25) is 0 Å². The maximum atomic E-state index is 5.50. The van der Waals surface area contributed by atoms with Crippen LogP contribution in [0.2, 0.25) is 0 Å². The molecule has 0 aliphatic carbocycles. The molecule has 1 aromatic carbocycles. The summed E-state index contributed by atoms with van der Waals surface area (Å²) in [6.45, 7) is 2.10. The summed E-state index contributed by atoms with van der Waals surface area (Å²) in [4.78, 5) is 5.70. The molecule has 4 nitrogen and oxygen atoms in total. The van der Waals surface area contributed by atoms with E-state index in [2.05, 4.69) is 40.0 Å². The van der Waals surface area contributed by atoms with E-state index in [1.165, 1.54) is 11.1 Å². The second kappa shape index (κ2) is 5.87. The van der Waals surface area contributed by atoms with E-state index in [1.54, 1.807) is 18.4 Å². The SMILES string of the molecule is CNC(Cc1cn2ccsc2n1)c1cc(C)ccc1OC. The number of methoxy groups -OCH3 is 1. The van der Waals surface area contributed by atoms with Crippen molar-refractivity contribution in [3.63, 3.8) is 0 Å². The largest absolute Gasteiger partial charge is 0.496 e. The van der Waals surface area contributed by atoms with Crippen LogP contribution in [0.25, 0.3) is 4.96 Å². The number of nitrogens with one attached hydrogen (secondary N) is 1. The topological polar surface area (TPSA) is 38.6 Å². The summed E-state index contributed by atoms with van der Waals surface area (Å²) in [6.07, 6.45) is 4.97. The zero-order valence-electron chi connectivity index (χ0n) is 12.5. The molecule has 21 heavy (non-hydrogen) atoms. The molecule has 2 aromatic heterocycles. The lowest BCUT2D eigenvalue weighted by Gasteiger charge is -2.19. The van der Waals surface area contributed by atoms with Gasteiger partial charge < -0.3 is 10.1 Å².